The fourth-order valence-corrected chi connectivity index (χ4v) is 3.85. The van der Waals surface area contributed by atoms with Crippen molar-refractivity contribution in [2.24, 2.45) is 5.92 Å². The summed E-state index contributed by atoms with van der Waals surface area (Å²) >= 11 is 1.28. The summed E-state index contributed by atoms with van der Waals surface area (Å²) in [6.07, 6.45) is -0.519. The van der Waals surface area contributed by atoms with E-state index in [-0.39, 0.29) is 17.4 Å². The molecule has 3 aromatic rings. The second-order valence-electron chi connectivity index (χ2n) is 7.57. The van der Waals surface area contributed by atoms with Gasteiger partial charge < -0.3 is 19.4 Å². The maximum absolute atomic E-state index is 14.0. The molecule has 2 aromatic carbocycles. The zero-order chi connectivity index (χ0) is 23.1. The lowest BCUT2D eigenvalue weighted by molar-refractivity contribution is -0.113. The highest BCUT2D eigenvalue weighted by Gasteiger charge is 2.22. The average molecular weight is 459 g/mol. The number of nitrogens with one attached hydrogen (secondary N) is 1. The zero-order valence-electron chi connectivity index (χ0n) is 18.5. The number of anilines is 1. The number of thioether (sulfide) groups is 1. The van der Waals surface area contributed by atoms with Crippen molar-refractivity contribution in [2.45, 2.75) is 38.6 Å². The second-order valence-corrected chi connectivity index (χ2v) is 8.52. The molecule has 7 nitrogen and oxygen atoms in total. The van der Waals surface area contributed by atoms with Crippen LogP contribution in [0.15, 0.2) is 53.7 Å². The summed E-state index contributed by atoms with van der Waals surface area (Å²) in [5.41, 5.74) is 0.608. The number of ether oxygens (including phenoxy) is 2. The van der Waals surface area contributed by atoms with E-state index in [4.69, 9.17) is 9.47 Å². The van der Waals surface area contributed by atoms with E-state index in [1.165, 1.54) is 17.8 Å². The van der Waals surface area contributed by atoms with Gasteiger partial charge in [-0.3, -0.25) is 4.79 Å². The Bertz CT molecular complexity index is 1060. The molecule has 0 aliphatic carbocycles. The normalized spacial score (nSPS) is 11.9. The lowest BCUT2D eigenvalue weighted by atomic mass is 10.2. The van der Waals surface area contributed by atoms with Crippen molar-refractivity contribution in [3.05, 3.63) is 60.2 Å². The average Bonchev–Trinajstić information content (AvgIpc) is 3.16. The maximum atomic E-state index is 14.0. The lowest BCUT2D eigenvalue weighted by Crippen LogP contribution is -2.17. The van der Waals surface area contributed by atoms with E-state index >= 15 is 0 Å². The van der Waals surface area contributed by atoms with E-state index in [1.54, 1.807) is 44.4 Å². The van der Waals surface area contributed by atoms with Gasteiger partial charge in [0.2, 0.25) is 5.91 Å². The number of rotatable bonds is 10. The summed E-state index contributed by atoms with van der Waals surface area (Å²) in [5, 5.41) is 12.0. The Kier molecular flexibility index (Phi) is 8.10. The minimum Gasteiger partial charge on any atom is -0.495 e. The third-order valence-corrected chi connectivity index (χ3v) is 5.48. The minimum absolute atomic E-state index is 0.150. The molecule has 0 saturated heterocycles. The van der Waals surface area contributed by atoms with Crippen LogP contribution in [0, 0.1) is 11.7 Å². The summed E-state index contributed by atoms with van der Waals surface area (Å²) in [6, 6.07) is 13.5. The zero-order valence-corrected chi connectivity index (χ0v) is 19.4. The van der Waals surface area contributed by atoms with Crippen LogP contribution in [0.1, 0.15) is 32.7 Å². The van der Waals surface area contributed by atoms with E-state index in [1.807, 2.05) is 16.7 Å². The first-order valence-corrected chi connectivity index (χ1v) is 11.3. The molecule has 0 aliphatic heterocycles. The van der Waals surface area contributed by atoms with Crippen LogP contribution in [0.25, 0.3) is 0 Å². The third kappa shape index (κ3) is 6.00. The number of carbonyl (C=O) groups is 1. The molecule has 1 unspecified atom stereocenters. The standard InChI is InChI=1S/C23H27FN4O3S/c1-15(2)13-28-22(16(3)31-19-11-7-5-9-17(19)24)26-27-23(28)32-14-21(29)25-18-10-6-8-12-20(18)30-4/h5-12,15-16H,13-14H2,1-4H3,(H,25,29). The Morgan fingerprint density at radius 2 is 1.78 bits per heavy atom. The van der Waals surface area contributed by atoms with E-state index in [2.05, 4.69) is 29.4 Å². The van der Waals surface area contributed by atoms with Gasteiger partial charge in [0.15, 0.2) is 28.7 Å². The highest BCUT2D eigenvalue weighted by Crippen LogP contribution is 2.28. The Labute approximate surface area is 191 Å². The first kappa shape index (κ1) is 23.6. The van der Waals surface area contributed by atoms with Crippen molar-refractivity contribution in [2.75, 3.05) is 18.2 Å². The number of nitrogens with zero attached hydrogens (tertiary/aromatic N) is 3. The second kappa shape index (κ2) is 11.0. The maximum Gasteiger partial charge on any atom is 0.234 e. The molecule has 9 heteroatoms. The van der Waals surface area contributed by atoms with Crippen LogP contribution in [0.3, 0.4) is 0 Å². The summed E-state index contributed by atoms with van der Waals surface area (Å²) in [7, 11) is 1.56. The summed E-state index contributed by atoms with van der Waals surface area (Å²) < 4.78 is 27.0. The van der Waals surface area contributed by atoms with Gasteiger partial charge in [0.1, 0.15) is 5.75 Å². The summed E-state index contributed by atoms with van der Waals surface area (Å²) in [5.74, 6) is 1.17. The molecule has 1 aromatic heterocycles. The highest BCUT2D eigenvalue weighted by atomic mass is 32.2. The molecule has 0 radical (unpaired) electrons. The summed E-state index contributed by atoms with van der Waals surface area (Å²) in [6.45, 7) is 6.60. The molecule has 32 heavy (non-hydrogen) atoms. The van der Waals surface area contributed by atoms with E-state index in [9.17, 15) is 9.18 Å². The molecular formula is C23H27FN4O3S. The van der Waals surface area contributed by atoms with Gasteiger partial charge in [-0.25, -0.2) is 4.39 Å². The van der Waals surface area contributed by atoms with Crippen molar-refractivity contribution < 1.29 is 18.7 Å². The van der Waals surface area contributed by atoms with Crippen LogP contribution in [0.4, 0.5) is 10.1 Å². The quantitative estimate of drug-likeness (QED) is 0.433. The van der Waals surface area contributed by atoms with Crippen molar-refractivity contribution in [3.8, 4) is 11.5 Å². The number of hydrogen-bond donors (Lipinski definition) is 1. The number of halogens is 1. The van der Waals surface area contributed by atoms with Crippen molar-refractivity contribution in [1.82, 2.24) is 14.8 Å². The van der Waals surface area contributed by atoms with Crippen LogP contribution in [-0.4, -0.2) is 33.5 Å². The number of methoxy groups -OCH3 is 1. The molecule has 0 bridgehead atoms. The van der Waals surface area contributed by atoms with Crippen molar-refractivity contribution in [3.63, 3.8) is 0 Å². The first-order valence-electron chi connectivity index (χ1n) is 10.3. The number of benzene rings is 2. The van der Waals surface area contributed by atoms with E-state index in [0.29, 0.717) is 34.9 Å². The van der Waals surface area contributed by atoms with E-state index in [0.717, 1.165) is 0 Å². The highest BCUT2D eigenvalue weighted by molar-refractivity contribution is 7.99. The lowest BCUT2D eigenvalue weighted by Gasteiger charge is -2.18. The van der Waals surface area contributed by atoms with Crippen LogP contribution in [0.2, 0.25) is 0 Å². The fraction of sp³-hybridized carbons (Fsp3) is 0.348. The summed E-state index contributed by atoms with van der Waals surface area (Å²) in [4.78, 5) is 12.5. The Hall–Kier alpha value is -3.07. The van der Waals surface area contributed by atoms with Crippen LogP contribution < -0.4 is 14.8 Å². The fourth-order valence-electron chi connectivity index (χ4n) is 3.09. The predicted octanol–water partition coefficient (Wildman–Crippen LogP) is 4.95. The molecule has 1 heterocycles. The SMILES string of the molecule is COc1ccccc1NC(=O)CSc1nnc(C(C)Oc2ccccc2F)n1CC(C)C. The Morgan fingerprint density at radius 3 is 2.47 bits per heavy atom. The molecule has 0 saturated carbocycles. The first-order chi connectivity index (χ1) is 15.4. The van der Waals surface area contributed by atoms with Gasteiger partial charge in [0.25, 0.3) is 0 Å². The smallest absolute Gasteiger partial charge is 0.234 e. The molecule has 170 valence electrons. The van der Waals surface area contributed by atoms with Crippen LogP contribution in [-0.2, 0) is 11.3 Å². The monoisotopic (exact) mass is 458 g/mol. The minimum atomic E-state index is -0.519. The number of amides is 1. The number of para-hydroxylation sites is 3. The third-order valence-electron chi connectivity index (χ3n) is 4.51. The van der Waals surface area contributed by atoms with E-state index < -0.39 is 11.9 Å². The van der Waals surface area contributed by atoms with Crippen molar-refractivity contribution >= 4 is 23.4 Å². The van der Waals surface area contributed by atoms with Gasteiger partial charge in [-0.15, -0.1) is 10.2 Å². The Morgan fingerprint density at radius 1 is 1.09 bits per heavy atom. The van der Waals surface area contributed by atoms with Gasteiger partial charge in [-0.1, -0.05) is 49.9 Å². The topological polar surface area (TPSA) is 78.3 Å². The largest absolute Gasteiger partial charge is 0.495 e. The van der Waals surface area contributed by atoms with Gasteiger partial charge in [-0.2, -0.15) is 0 Å². The molecule has 0 aliphatic rings. The molecule has 1 amide bonds. The number of carbonyl (C=O) groups excluding carboxylic acids is 1. The molecule has 1 atom stereocenters. The van der Waals surface area contributed by atoms with Crippen LogP contribution >= 0.6 is 11.8 Å². The molecular weight excluding hydrogens is 431 g/mol. The predicted molar refractivity (Wildman–Crippen MR) is 123 cm³/mol. The van der Waals surface area contributed by atoms with Gasteiger partial charge in [0.05, 0.1) is 18.6 Å². The molecule has 0 fully saturated rings. The Balaban J connectivity index is 1.71. The van der Waals surface area contributed by atoms with Gasteiger partial charge in [0, 0.05) is 6.54 Å². The van der Waals surface area contributed by atoms with Gasteiger partial charge >= 0.3 is 0 Å². The molecule has 1 N–H and O–H groups in total. The molecule has 3 rings (SSSR count). The molecule has 0 spiro atoms. The number of hydrogen-bond acceptors (Lipinski definition) is 6. The van der Waals surface area contributed by atoms with Crippen LogP contribution in [0.5, 0.6) is 11.5 Å². The van der Waals surface area contributed by atoms with Gasteiger partial charge in [-0.05, 0) is 37.1 Å². The number of aromatic nitrogens is 3. The van der Waals surface area contributed by atoms with Crippen molar-refractivity contribution in [1.29, 1.82) is 0 Å².